The van der Waals surface area contributed by atoms with Gasteiger partial charge in [-0.25, -0.2) is 4.39 Å². The lowest BCUT2D eigenvalue weighted by Gasteiger charge is -2.57. The molecule has 5 rings (SSSR count). The van der Waals surface area contributed by atoms with Crippen molar-refractivity contribution in [3.8, 4) is 11.1 Å². The van der Waals surface area contributed by atoms with Crippen molar-refractivity contribution in [2.24, 2.45) is 5.92 Å². The Morgan fingerprint density at radius 1 is 1.00 bits per heavy atom. The van der Waals surface area contributed by atoms with Gasteiger partial charge in [-0.05, 0) is 61.1 Å². The van der Waals surface area contributed by atoms with Gasteiger partial charge in [0.1, 0.15) is 5.82 Å². The van der Waals surface area contributed by atoms with Crippen LogP contribution in [0.3, 0.4) is 0 Å². The highest BCUT2D eigenvalue weighted by atomic mass is 19.1. The van der Waals surface area contributed by atoms with E-state index in [1.54, 1.807) is 12.1 Å². The van der Waals surface area contributed by atoms with Crippen molar-refractivity contribution in [1.29, 1.82) is 0 Å². The molecule has 0 unspecified atom stereocenters. The van der Waals surface area contributed by atoms with Gasteiger partial charge in [-0.3, -0.25) is 9.69 Å². The minimum atomic E-state index is -0.234. The van der Waals surface area contributed by atoms with Crippen molar-refractivity contribution in [3.05, 3.63) is 59.9 Å². The van der Waals surface area contributed by atoms with Crippen LogP contribution >= 0.6 is 0 Å². The molecule has 0 radical (unpaired) electrons. The summed E-state index contributed by atoms with van der Waals surface area (Å²) in [6.45, 7) is 2.72. The third-order valence-electron chi connectivity index (χ3n) is 7.59. The first-order valence-corrected chi connectivity index (χ1v) is 11.7. The molecule has 4 nitrogen and oxygen atoms in total. The predicted octanol–water partition coefficient (Wildman–Crippen LogP) is 4.04. The SMILES string of the molecule is O=C(C1CCC1)N1CCCCN2[C@H](CO)[C@H](c3ccc(-c4cccc(F)c4)cc3)[C@H]2C1. The molecule has 0 bridgehead atoms. The molecule has 2 aliphatic heterocycles. The van der Waals surface area contributed by atoms with Crippen molar-refractivity contribution in [1.82, 2.24) is 9.80 Å². The van der Waals surface area contributed by atoms with Gasteiger partial charge in [-0.2, -0.15) is 0 Å². The van der Waals surface area contributed by atoms with E-state index in [4.69, 9.17) is 0 Å². The van der Waals surface area contributed by atoms with E-state index in [1.807, 2.05) is 18.2 Å². The molecule has 2 heterocycles. The number of carbonyl (C=O) groups excluding carboxylic acids is 1. The van der Waals surface area contributed by atoms with E-state index in [0.29, 0.717) is 5.91 Å². The Bertz CT molecular complexity index is 927. The van der Waals surface area contributed by atoms with Crippen LogP contribution in [0.4, 0.5) is 4.39 Å². The average Bonchev–Trinajstić information content (AvgIpc) is 2.72. The summed E-state index contributed by atoms with van der Waals surface area (Å²) in [5, 5.41) is 10.1. The summed E-state index contributed by atoms with van der Waals surface area (Å²) < 4.78 is 13.6. The monoisotopic (exact) mass is 422 g/mol. The Hall–Kier alpha value is -2.24. The normalized spacial score (nSPS) is 26.9. The fourth-order valence-corrected chi connectivity index (χ4v) is 5.62. The molecule has 0 spiro atoms. The number of aliphatic hydroxyl groups excluding tert-OH is 1. The smallest absolute Gasteiger partial charge is 0.225 e. The van der Waals surface area contributed by atoms with Crippen LogP contribution in [0.15, 0.2) is 48.5 Å². The van der Waals surface area contributed by atoms with Crippen molar-refractivity contribution in [2.75, 3.05) is 26.2 Å². The molecule has 5 heteroatoms. The molecule has 1 aliphatic carbocycles. The van der Waals surface area contributed by atoms with Crippen LogP contribution in [0.25, 0.3) is 11.1 Å². The van der Waals surface area contributed by atoms with Crippen LogP contribution in [-0.4, -0.2) is 59.1 Å². The van der Waals surface area contributed by atoms with Gasteiger partial charge >= 0.3 is 0 Å². The third-order valence-corrected chi connectivity index (χ3v) is 7.59. The lowest BCUT2D eigenvalue weighted by atomic mass is 9.74. The Morgan fingerprint density at radius 3 is 2.45 bits per heavy atom. The van der Waals surface area contributed by atoms with Crippen LogP contribution in [0, 0.1) is 11.7 Å². The van der Waals surface area contributed by atoms with E-state index >= 15 is 0 Å². The first-order valence-electron chi connectivity index (χ1n) is 11.7. The zero-order valence-electron chi connectivity index (χ0n) is 17.9. The van der Waals surface area contributed by atoms with Gasteiger partial charge in [0.25, 0.3) is 0 Å². The number of benzene rings is 2. The largest absolute Gasteiger partial charge is 0.395 e. The van der Waals surface area contributed by atoms with Crippen molar-refractivity contribution >= 4 is 5.91 Å². The highest BCUT2D eigenvalue weighted by Gasteiger charge is 2.49. The van der Waals surface area contributed by atoms with Crippen LogP contribution < -0.4 is 0 Å². The fourth-order valence-electron chi connectivity index (χ4n) is 5.62. The Labute approximate surface area is 183 Å². The second kappa shape index (κ2) is 8.71. The molecule has 3 atom stereocenters. The zero-order chi connectivity index (χ0) is 21.4. The third kappa shape index (κ3) is 3.90. The number of aliphatic hydroxyl groups is 1. The molecule has 31 heavy (non-hydrogen) atoms. The van der Waals surface area contributed by atoms with E-state index in [1.165, 1.54) is 18.1 Å². The molecular formula is C26H31FN2O2. The molecular weight excluding hydrogens is 391 g/mol. The summed E-state index contributed by atoms with van der Waals surface area (Å²) in [4.78, 5) is 17.5. The summed E-state index contributed by atoms with van der Waals surface area (Å²) in [7, 11) is 0. The number of rotatable bonds is 4. The van der Waals surface area contributed by atoms with Gasteiger partial charge in [0.05, 0.1) is 6.61 Å². The van der Waals surface area contributed by atoms with Crippen LogP contribution in [0.2, 0.25) is 0 Å². The summed E-state index contributed by atoms with van der Waals surface area (Å²) in [5.74, 6) is 0.537. The average molecular weight is 423 g/mol. The second-order valence-corrected chi connectivity index (χ2v) is 9.33. The van der Waals surface area contributed by atoms with Crippen molar-refractivity contribution in [2.45, 2.75) is 50.1 Å². The molecule has 3 aliphatic rings. The molecule has 1 saturated carbocycles. The van der Waals surface area contributed by atoms with E-state index < -0.39 is 0 Å². The molecule has 2 saturated heterocycles. The summed E-state index contributed by atoms with van der Waals surface area (Å²) in [6.07, 6.45) is 5.34. The second-order valence-electron chi connectivity index (χ2n) is 9.33. The fraction of sp³-hybridized carbons (Fsp3) is 0.500. The van der Waals surface area contributed by atoms with Gasteiger partial charge in [-0.15, -0.1) is 0 Å². The van der Waals surface area contributed by atoms with Gasteiger partial charge in [-0.1, -0.05) is 42.8 Å². The summed E-state index contributed by atoms with van der Waals surface area (Å²) in [6, 6.07) is 15.3. The van der Waals surface area contributed by atoms with E-state index in [2.05, 4.69) is 21.9 Å². The first-order chi connectivity index (χ1) is 15.2. The molecule has 2 aromatic rings. The van der Waals surface area contributed by atoms with Crippen LogP contribution in [0.5, 0.6) is 0 Å². The summed E-state index contributed by atoms with van der Waals surface area (Å²) >= 11 is 0. The van der Waals surface area contributed by atoms with Gasteiger partial charge in [0.15, 0.2) is 0 Å². The maximum Gasteiger partial charge on any atom is 0.225 e. The Morgan fingerprint density at radius 2 is 1.77 bits per heavy atom. The first kappa shape index (κ1) is 20.7. The zero-order valence-corrected chi connectivity index (χ0v) is 17.9. The molecule has 3 fully saturated rings. The van der Waals surface area contributed by atoms with Crippen molar-refractivity contribution in [3.63, 3.8) is 0 Å². The van der Waals surface area contributed by atoms with E-state index in [0.717, 1.165) is 56.4 Å². The lowest BCUT2D eigenvalue weighted by molar-refractivity contribution is -0.143. The predicted molar refractivity (Wildman–Crippen MR) is 119 cm³/mol. The Kier molecular flexibility index (Phi) is 5.81. The number of carbonyl (C=O) groups is 1. The minimum absolute atomic E-state index is 0.101. The molecule has 1 N–H and O–H groups in total. The number of fused-ring (bicyclic) bond motifs is 1. The standard InChI is InChI=1S/C26H31FN2O2/c27-22-8-4-7-21(15-22)18-9-11-19(12-10-18)25-23-16-28(26(31)20-5-3-6-20)13-1-2-14-29(23)24(25)17-30/h4,7-12,15,20,23-25,30H,1-3,5-6,13-14,16-17H2/t23-,24-,25-/m1/s1. The number of hydrogen-bond acceptors (Lipinski definition) is 3. The van der Waals surface area contributed by atoms with Crippen molar-refractivity contribution < 1.29 is 14.3 Å². The Balaban J connectivity index is 1.37. The molecule has 0 aromatic heterocycles. The quantitative estimate of drug-likeness (QED) is 0.809. The number of hydrogen-bond donors (Lipinski definition) is 1. The van der Waals surface area contributed by atoms with E-state index in [9.17, 15) is 14.3 Å². The van der Waals surface area contributed by atoms with Gasteiger partial charge in [0.2, 0.25) is 5.91 Å². The van der Waals surface area contributed by atoms with E-state index in [-0.39, 0.29) is 36.3 Å². The lowest BCUT2D eigenvalue weighted by Crippen LogP contribution is -2.68. The number of nitrogens with zero attached hydrogens (tertiary/aromatic N) is 2. The molecule has 2 aromatic carbocycles. The van der Waals surface area contributed by atoms with Gasteiger partial charge < -0.3 is 10.0 Å². The topological polar surface area (TPSA) is 43.8 Å². The highest BCUT2D eigenvalue weighted by Crippen LogP contribution is 2.43. The van der Waals surface area contributed by atoms with Crippen LogP contribution in [0.1, 0.15) is 43.6 Å². The maximum atomic E-state index is 13.6. The number of halogens is 1. The number of amides is 1. The molecule has 164 valence electrons. The van der Waals surface area contributed by atoms with Crippen LogP contribution in [-0.2, 0) is 4.79 Å². The maximum absolute atomic E-state index is 13.6. The molecule has 1 amide bonds. The minimum Gasteiger partial charge on any atom is -0.395 e. The highest BCUT2D eigenvalue weighted by molar-refractivity contribution is 5.79. The summed E-state index contributed by atoms with van der Waals surface area (Å²) in [5.41, 5.74) is 3.04. The van der Waals surface area contributed by atoms with Gasteiger partial charge in [0, 0.05) is 37.0 Å².